The summed E-state index contributed by atoms with van der Waals surface area (Å²) in [5.74, 6) is 0.811. The lowest BCUT2D eigenvalue weighted by Gasteiger charge is -2.21. The average molecular weight is 195 g/mol. The Labute approximate surface area is 90.8 Å². The van der Waals surface area contributed by atoms with E-state index < -0.39 is 0 Å². The largest absolute Gasteiger partial charge is 0.387 e. The Kier molecular flexibility index (Phi) is 7.73. The minimum atomic E-state index is 0.648. The van der Waals surface area contributed by atoms with Crippen LogP contribution >= 0.6 is 0 Å². The number of hydrogen-bond donors (Lipinski definition) is 1. The van der Waals surface area contributed by atoms with Crippen molar-refractivity contribution in [2.75, 3.05) is 0 Å². The number of nitrogens with one attached hydrogen (secondary N) is 1. The molecule has 1 nitrogen and oxygen atoms in total. The van der Waals surface area contributed by atoms with Gasteiger partial charge < -0.3 is 5.32 Å². The molecule has 2 heteroatoms. The molecule has 0 aromatic carbocycles. The molecule has 1 unspecified atom stereocenters. The summed E-state index contributed by atoms with van der Waals surface area (Å²) < 4.78 is 0. The van der Waals surface area contributed by atoms with Gasteiger partial charge in [-0.15, -0.1) is 0 Å². The van der Waals surface area contributed by atoms with E-state index in [1.54, 1.807) is 0 Å². The summed E-state index contributed by atoms with van der Waals surface area (Å²) >= 11 is 0. The van der Waals surface area contributed by atoms with Gasteiger partial charge in [0.05, 0.1) is 0 Å². The third-order valence-corrected chi connectivity index (χ3v) is 2.56. The van der Waals surface area contributed by atoms with Crippen LogP contribution in [-0.4, -0.2) is 13.9 Å². The standard InChI is InChI=1S/C12H26BN/c1-5-6-12(8-7-10(2)3)14-11(4)9-13/h10,12,14H,4-9,13H2,1-3H3. The Bertz CT molecular complexity index is 154. The first-order valence-corrected chi connectivity index (χ1v) is 6.04. The summed E-state index contributed by atoms with van der Waals surface area (Å²) in [6.07, 6.45) is 6.17. The predicted molar refractivity (Wildman–Crippen MR) is 68.4 cm³/mol. The van der Waals surface area contributed by atoms with Gasteiger partial charge in [0, 0.05) is 6.04 Å². The van der Waals surface area contributed by atoms with Gasteiger partial charge in [-0.05, 0) is 37.2 Å². The van der Waals surface area contributed by atoms with Gasteiger partial charge in [-0.1, -0.05) is 33.8 Å². The lowest BCUT2D eigenvalue weighted by molar-refractivity contribution is 0.432. The topological polar surface area (TPSA) is 12.0 Å². The SMILES string of the molecule is BCC(=C)NC(CCC)CCC(C)C. The minimum absolute atomic E-state index is 0.648. The summed E-state index contributed by atoms with van der Waals surface area (Å²) in [6.45, 7) is 10.8. The zero-order valence-electron chi connectivity index (χ0n) is 10.4. The molecule has 82 valence electrons. The van der Waals surface area contributed by atoms with Crippen molar-refractivity contribution in [2.24, 2.45) is 5.92 Å². The summed E-state index contributed by atoms with van der Waals surface area (Å²) in [4.78, 5) is 0. The highest BCUT2D eigenvalue weighted by molar-refractivity contribution is 6.10. The van der Waals surface area contributed by atoms with E-state index in [2.05, 4.69) is 40.5 Å². The first-order valence-electron chi connectivity index (χ1n) is 6.04. The van der Waals surface area contributed by atoms with Crippen LogP contribution in [0.4, 0.5) is 0 Å². The molecule has 0 aliphatic rings. The monoisotopic (exact) mass is 195 g/mol. The zero-order valence-corrected chi connectivity index (χ0v) is 10.4. The van der Waals surface area contributed by atoms with Gasteiger partial charge in [0.1, 0.15) is 7.85 Å². The van der Waals surface area contributed by atoms with Crippen molar-refractivity contribution in [1.29, 1.82) is 0 Å². The van der Waals surface area contributed by atoms with Crippen LogP contribution in [-0.2, 0) is 0 Å². The second-order valence-corrected chi connectivity index (χ2v) is 4.56. The van der Waals surface area contributed by atoms with E-state index in [1.165, 1.54) is 31.4 Å². The smallest absolute Gasteiger partial charge is 0.108 e. The molecule has 0 aromatic rings. The van der Waals surface area contributed by atoms with E-state index >= 15 is 0 Å². The van der Waals surface area contributed by atoms with Crippen LogP contribution in [0, 0.1) is 5.92 Å². The van der Waals surface area contributed by atoms with Crippen LogP contribution in [0.1, 0.15) is 46.5 Å². The lowest BCUT2D eigenvalue weighted by Crippen LogP contribution is -2.28. The normalized spacial score (nSPS) is 12.9. The molecule has 0 rings (SSSR count). The highest BCUT2D eigenvalue weighted by Crippen LogP contribution is 2.12. The molecule has 0 amide bonds. The van der Waals surface area contributed by atoms with Crippen molar-refractivity contribution >= 4 is 7.85 Å². The highest BCUT2D eigenvalue weighted by Gasteiger charge is 2.08. The van der Waals surface area contributed by atoms with E-state index in [-0.39, 0.29) is 0 Å². The molecule has 14 heavy (non-hydrogen) atoms. The quantitative estimate of drug-likeness (QED) is 0.587. The molecule has 1 N–H and O–H groups in total. The Morgan fingerprint density at radius 1 is 1.29 bits per heavy atom. The first kappa shape index (κ1) is 13.6. The summed E-state index contributed by atoms with van der Waals surface area (Å²) in [5.41, 5.74) is 1.19. The van der Waals surface area contributed by atoms with Crippen molar-refractivity contribution in [1.82, 2.24) is 5.32 Å². The van der Waals surface area contributed by atoms with Crippen LogP contribution in [0.3, 0.4) is 0 Å². The van der Waals surface area contributed by atoms with Gasteiger partial charge in [0.2, 0.25) is 0 Å². The first-order chi connectivity index (χ1) is 6.60. The van der Waals surface area contributed by atoms with Gasteiger partial charge in [-0.2, -0.15) is 0 Å². The fourth-order valence-corrected chi connectivity index (χ4v) is 1.56. The van der Waals surface area contributed by atoms with Crippen LogP contribution in [0.2, 0.25) is 6.32 Å². The third kappa shape index (κ3) is 7.05. The summed E-state index contributed by atoms with van der Waals surface area (Å²) in [6, 6.07) is 0.648. The minimum Gasteiger partial charge on any atom is -0.387 e. The third-order valence-electron chi connectivity index (χ3n) is 2.56. The van der Waals surface area contributed by atoms with Gasteiger partial charge in [0.15, 0.2) is 0 Å². The summed E-state index contributed by atoms with van der Waals surface area (Å²) in [7, 11) is 2.15. The fourth-order valence-electron chi connectivity index (χ4n) is 1.56. The molecule has 0 fully saturated rings. The second-order valence-electron chi connectivity index (χ2n) is 4.56. The van der Waals surface area contributed by atoms with Crippen LogP contribution in [0.5, 0.6) is 0 Å². The van der Waals surface area contributed by atoms with E-state index in [9.17, 15) is 0 Å². The van der Waals surface area contributed by atoms with Crippen molar-refractivity contribution in [3.05, 3.63) is 12.3 Å². The van der Waals surface area contributed by atoms with Crippen LogP contribution in [0.15, 0.2) is 12.3 Å². The van der Waals surface area contributed by atoms with E-state index in [1.807, 2.05) is 0 Å². The Morgan fingerprint density at radius 3 is 2.36 bits per heavy atom. The van der Waals surface area contributed by atoms with Crippen LogP contribution < -0.4 is 5.32 Å². The maximum atomic E-state index is 4.01. The van der Waals surface area contributed by atoms with E-state index in [0.717, 1.165) is 12.2 Å². The lowest BCUT2D eigenvalue weighted by atomic mass is 9.98. The highest BCUT2D eigenvalue weighted by atomic mass is 14.9. The zero-order chi connectivity index (χ0) is 11.0. The van der Waals surface area contributed by atoms with E-state index in [4.69, 9.17) is 0 Å². The molecule has 1 atom stereocenters. The summed E-state index contributed by atoms with van der Waals surface area (Å²) in [5, 5.41) is 3.53. The molecule has 0 bridgehead atoms. The molecule has 0 saturated heterocycles. The van der Waals surface area contributed by atoms with Crippen molar-refractivity contribution in [2.45, 2.75) is 58.8 Å². The predicted octanol–water partition coefficient (Wildman–Crippen LogP) is 2.75. The van der Waals surface area contributed by atoms with Crippen molar-refractivity contribution in [3.63, 3.8) is 0 Å². The van der Waals surface area contributed by atoms with Crippen molar-refractivity contribution < 1.29 is 0 Å². The molecule has 0 saturated carbocycles. The Balaban J connectivity index is 3.82. The molecular weight excluding hydrogens is 169 g/mol. The molecule has 0 radical (unpaired) electrons. The number of rotatable bonds is 8. The molecule has 0 spiro atoms. The van der Waals surface area contributed by atoms with Crippen molar-refractivity contribution in [3.8, 4) is 0 Å². The van der Waals surface area contributed by atoms with Crippen LogP contribution in [0.25, 0.3) is 0 Å². The maximum Gasteiger partial charge on any atom is 0.108 e. The average Bonchev–Trinajstić information content (AvgIpc) is 2.14. The Morgan fingerprint density at radius 2 is 1.93 bits per heavy atom. The number of hydrogen-bond acceptors (Lipinski definition) is 1. The molecule has 0 heterocycles. The van der Waals surface area contributed by atoms with Gasteiger partial charge in [-0.3, -0.25) is 0 Å². The Hall–Kier alpha value is -0.395. The maximum absolute atomic E-state index is 4.01. The van der Waals surface area contributed by atoms with Gasteiger partial charge >= 0.3 is 0 Å². The van der Waals surface area contributed by atoms with Gasteiger partial charge in [-0.25, -0.2) is 0 Å². The number of allylic oxidation sites excluding steroid dienone is 1. The second kappa shape index (κ2) is 7.96. The molecule has 0 aliphatic carbocycles. The molecule has 0 aliphatic heterocycles. The molecule has 0 aromatic heterocycles. The fraction of sp³-hybridized carbons (Fsp3) is 0.833. The van der Waals surface area contributed by atoms with E-state index in [0.29, 0.717) is 6.04 Å². The van der Waals surface area contributed by atoms with Gasteiger partial charge in [0.25, 0.3) is 0 Å². The molecular formula is C12H26BN.